The lowest BCUT2D eigenvalue weighted by Gasteiger charge is -2.30. The number of piperidine rings is 1. The maximum Gasteiger partial charge on any atom is 0.338 e. The van der Waals surface area contributed by atoms with Crippen LogP contribution < -0.4 is 9.47 Å². The summed E-state index contributed by atoms with van der Waals surface area (Å²) in [4.78, 5) is 25.8. The van der Waals surface area contributed by atoms with E-state index in [1.165, 1.54) is 0 Å². The number of likely N-dealkylation sites (tertiary alicyclic amines) is 1. The molecule has 0 bridgehead atoms. The molecule has 2 heterocycles. The standard InChI is InChI=1S/C16H19NO5/c1-11-3-2-6-17(8-11)15(18)9-20-16(19)12-4-5-13-14(7-12)22-10-21-13/h4-5,7,11H,2-3,6,8-10H2,1H3/t11-/m0/s1. The molecule has 0 saturated carbocycles. The van der Waals surface area contributed by atoms with E-state index >= 15 is 0 Å². The molecule has 118 valence electrons. The normalized spacial score (nSPS) is 19.9. The van der Waals surface area contributed by atoms with Gasteiger partial charge in [0.15, 0.2) is 18.1 Å². The molecule has 6 heteroatoms. The molecule has 0 radical (unpaired) electrons. The van der Waals surface area contributed by atoms with Crippen molar-refractivity contribution in [2.75, 3.05) is 26.5 Å². The summed E-state index contributed by atoms with van der Waals surface area (Å²) in [6, 6.07) is 4.83. The maximum absolute atomic E-state index is 12.1. The number of amides is 1. The van der Waals surface area contributed by atoms with E-state index in [2.05, 4.69) is 6.92 Å². The van der Waals surface area contributed by atoms with Crippen LogP contribution in [0.3, 0.4) is 0 Å². The van der Waals surface area contributed by atoms with Gasteiger partial charge in [-0.05, 0) is 37.0 Å². The molecular weight excluding hydrogens is 286 g/mol. The third-order valence-corrected chi connectivity index (χ3v) is 3.94. The number of hydrogen-bond donors (Lipinski definition) is 0. The summed E-state index contributed by atoms with van der Waals surface area (Å²) in [5, 5.41) is 0. The lowest BCUT2D eigenvalue weighted by molar-refractivity contribution is -0.136. The van der Waals surface area contributed by atoms with E-state index in [1.807, 2.05) is 0 Å². The van der Waals surface area contributed by atoms with Crippen molar-refractivity contribution in [3.63, 3.8) is 0 Å². The molecule has 1 saturated heterocycles. The van der Waals surface area contributed by atoms with Gasteiger partial charge in [-0.2, -0.15) is 0 Å². The lowest BCUT2D eigenvalue weighted by Crippen LogP contribution is -2.41. The zero-order chi connectivity index (χ0) is 15.5. The van der Waals surface area contributed by atoms with Crippen LogP contribution in [0.4, 0.5) is 0 Å². The molecule has 1 aromatic carbocycles. The van der Waals surface area contributed by atoms with Crippen molar-refractivity contribution in [2.45, 2.75) is 19.8 Å². The number of rotatable bonds is 3. The molecule has 1 aromatic rings. The van der Waals surface area contributed by atoms with Gasteiger partial charge in [0.1, 0.15) is 0 Å². The van der Waals surface area contributed by atoms with E-state index in [4.69, 9.17) is 14.2 Å². The van der Waals surface area contributed by atoms with E-state index in [0.29, 0.717) is 23.0 Å². The van der Waals surface area contributed by atoms with Gasteiger partial charge in [-0.3, -0.25) is 4.79 Å². The van der Waals surface area contributed by atoms with Crippen molar-refractivity contribution in [1.29, 1.82) is 0 Å². The Labute approximate surface area is 128 Å². The first-order chi connectivity index (χ1) is 10.6. The Bertz CT molecular complexity index is 586. The van der Waals surface area contributed by atoms with Gasteiger partial charge in [0.05, 0.1) is 5.56 Å². The third-order valence-electron chi connectivity index (χ3n) is 3.94. The Morgan fingerprint density at radius 3 is 2.95 bits per heavy atom. The minimum atomic E-state index is -0.531. The first-order valence-electron chi connectivity index (χ1n) is 7.48. The fourth-order valence-electron chi connectivity index (χ4n) is 2.74. The Balaban J connectivity index is 1.54. The van der Waals surface area contributed by atoms with Gasteiger partial charge in [0, 0.05) is 13.1 Å². The zero-order valence-electron chi connectivity index (χ0n) is 12.5. The quantitative estimate of drug-likeness (QED) is 0.797. The number of fused-ring (bicyclic) bond motifs is 1. The highest BCUT2D eigenvalue weighted by Crippen LogP contribution is 2.32. The maximum atomic E-state index is 12.1. The monoisotopic (exact) mass is 305 g/mol. The Morgan fingerprint density at radius 2 is 2.14 bits per heavy atom. The molecule has 0 aliphatic carbocycles. The third kappa shape index (κ3) is 3.16. The molecule has 0 unspecified atom stereocenters. The summed E-state index contributed by atoms with van der Waals surface area (Å²) in [7, 11) is 0. The highest BCUT2D eigenvalue weighted by Gasteiger charge is 2.22. The van der Waals surface area contributed by atoms with Crippen molar-refractivity contribution < 1.29 is 23.8 Å². The Morgan fingerprint density at radius 1 is 1.32 bits per heavy atom. The number of benzene rings is 1. The van der Waals surface area contributed by atoms with Crippen LogP contribution in [0.1, 0.15) is 30.1 Å². The fourth-order valence-corrected chi connectivity index (χ4v) is 2.74. The van der Waals surface area contributed by atoms with Crippen LogP contribution >= 0.6 is 0 Å². The van der Waals surface area contributed by atoms with Crippen molar-refractivity contribution in [3.8, 4) is 11.5 Å². The summed E-state index contributed by atoms with van der Waals surface area (Å²) in [6.07, 6.45) is 2.14. The summed E-state index contributed by atoms with van der Waals surface area (Å²) in [6.45, 7) is 3.53. The smallest absolute Gasteiger partial charge is 0.338 e. The number of ether oxygens (including phenoxy) is 3. The van der Waals surface area contributed by atoms with Gasteiger partial charge in [-0.15, -0.1) is 0 Å². The van der Waals surface area contributed by atoms with E-state index in [-0.39, 0.29) is 19.3 Å². The number of esters is 1. The first kappa shape index (κ1) is 14.7. The second kappa shape index (κ2) is 6.25. The van der Waals surface area contributed by atoms with Crippen LogP contribution in [-0.2, 0) is 9.53 Å². The Hall–Kier alpha value is -2.24. The molecule has 1 amide bonds. The highest BCUT2D eigenvalue weighted by molar-refractivity contribution is 5.92. The molecule has 22 heavy (non-hydrogen) atoms. The molecule has 0 spiro atoms. The van der Waals surface area contributed by atoms with Crippen LogP contribution in [0.2, 0.25) is 0 Å². The first-order valence-corrected chi connectivity index (χ1v) is 7.48. The van der Waals surface area contributed by atoms with Crippen molar-refractivity contribution in [3.05, 3.63) is 23.8 Å². The molecule has 2 aliphatic heterocycles. The molecule has 0 N–H and O–H groups in total. The van der Waals surface area contributed by atoms with Crippen LogP contribution in [0.25, 0.3) is 0 Å². The minimum Gasteiger partial charge on any atom is -0.454 e. The fraction of sp³-hybridized carbons (Fsp3) is 0.500. The van der Waals surface area contributed by atoms with Crippen LogP contribution in [0, 0.1) is 5.92 Å². The van der Waals surface area contributed by atoms with Crippen molar-refractivity contribution in [1.82, 2.24) is 4.90 Å². The zero-order valence-corrected chi connectivity index (χ0v) is 12.5. The molecule has 1 fully saturated rings. The average Bonchev–Trinajstić information content (AvgIpc) is 2.99. The molecule has 3 rings (SSSR count). The lowest BCUT2D eigenvalue weighted by atomic mass is 10.0. The summed E-state index contributed by atoms with van der Waals surface area (Å²) >= 11 is 0. The predicted molar refractivity (Wildman–Crippen MR) is 77.8 cm³/mol. The van der Waals surface area contributed by atoms with E-state index in [1.54, 1.807) is 23.1 Å². The minimum absolute atomic E-state index is 0.138. The molecule has 0 aromatic heterocycles. The van der Waals surface area contributed by atoms with Crippen LogP contribution in [-0.4, -0.2) is 43.3 Å². The molecule has 2 aliphatic rings. The topological polar surface area (TPSA) is 65.1 Å². The number of carbonyl (C=O) groups is 2. The van der Waals surface area contributed by atoms with Gasteiger partial charge >= 0.3 is 5.97 Å². The second-order valence-corrected chi connectivity index (χ2v) is 5.73. The molecule has 1 atom stereocenters. The average molecular weight is 305 g/mol. The number of nitrogens with zero attached hydrogens (tertiary/aromatic N) is 1. The van der Waals surface area contributed by atoms with Crippen LogP contribution in [0.5, 0.6) is 11.5 Å². The van der Waals surface area contributed by atoms with Gasteiger partial charge in [0.25, 0.3) is 5.91 Å². The SMILES string of the molecule is C[C@H]1CCCN(C(=O)COC(=O)c2ccc3c(c2)OCO3)C1. The van der Waals surface area contributed by atoms with Crippen LogP contribution in [0.15, 0.2) is 18.2 Å². The van der Waals surface area contributed by atoms with E-state index < -0.39 is 5.97 Å². The predicted octanol–water partition coefficient (Wildman–Crippen LogP) is 1.83. The van der Waals surface area contributed by atoms with Gasteiger partial charge in [-0.25, -0.2) is 4.79 Å². The largest absolute Gasteiger partial charge is 0.454 e. The molecule has 6 nitrogen and oxygen atoms in total. The van der Waals surface area contributed by atoms with Crippen molar-refractivity contribution >= 4 is 11.9 Å². The van der Waals surface area contributed by atoms with E-state index in [9.17, 15) is 9.59 Å². The van der Waals surface area contributed by atoms with E-state index in [0.717, 1.165) is 25.9 Å². The number of carbonyl (C=O) groups excluding carboxylic acids is 2. The second-order valence-electron chi connectivity index (χ2n) is 5.73. The Kier molecular flexibility index (Phi) is 4.18. The van der Waals surface area contributed by atoms with Gasteiger partial charge < -0.3 is 19.1 Å². The number of hydrogen-bond acceptors (Lipinski definition) is 5. The highest BCUT2D eigenvalue weighted by atomic mass is 16.7. The van der Waals surface area contributed by atoms with Gasteiger partial charge in [0.2, 0.25) is 6.79 Å². The molecular formula is C16H19NO5. The summed E-state index contributed by atoms with van der Waals surface area (Å²) < 4.78 is 15.5. The summed E-state index contributed by atoms with van der Waals surface area (Å²) in [5.41, 5.74) is 0.351. The summed E-state index contributed by atoms with van der Waals surface area (Å²) in [5.74, 6) is 0.958. The van der Waals surface area contributed by atoms with Gasteiger partial charge in [-0.1, -0.05) is 6.92 Å². The van der Waals surface area contributed by atoms with Crippen molar-refractivity contribution in [2.24, 2.45) is 5.92 Å².